The number of fused-ring (bicyclic) bond motifs is 13. The quantitative estimate of drug-likeness (QED) is 0.227. The van der Waals surface area contributed by atoms with Gasteiger partial charge in [-0.2, -0.15) is 0 Å². The minimum atomic E-state index is -0.312. The molecule has 7 aromatic carbocycles. The Hall–Kier alpha value is -5.86. The van der Waals surface area contributed by atoms with Crippen molar-refractivity contribution < 1.29 is 4.42 Å². The molecule has 0 aliphatic heterocycles. The zero-order chi connectivity index (χ0) is 29.5. The van der Waals surface area contributed by atoms with Crippen molar-refractivity contribution in [1.82, 2.24) is 0 Å². The SMILES string of the molecule is c1cc(Nc2cccc3oc4ccccc4c23)cc(-c2ccc3c(c2)-c2ccccc2C32c3ccccc3-c3ccccc32)c1. The Morgan fingerprint density at radius 2 is 1.00 bits per heavy atom. The number of rotatable bonds is 3. The first-order valence-electron chi connectivity index (χ1n) is 15.5. The summed E-state index contributed by atoms with van der Waals surface area (Å²) in [4.78, 5) is 0. The van der Waals surface area contributed by atoms with Crippen molar-refractivity contribution >= 4 is 33.3 Å². The van der Waals surface area contributed by atoms with Gasteiger partial charge in [-0.1, -0.05) is 121 Å². The van der Waals surface area contributed by atoms with E-state index in [0.29, 0.717) is 0 Å². The summed E-state index contributed by atoms with van der Waals surface area (Å²) < 4.78 is 6.14. The first-order chi connectivity index (χ1) is 22.3. The first kappa shape index (κ1) is 24.6. The van der Waals surface area contributed by atoms with Crippen LogP contribution >= 0.6 is 0 Å². The lowest BCUT2D eigenvalue weighted by Crippen LogP contribution is -2.25. The zero-order valence-corrected chi connectivity index (χ0v) is 24.4. The maximum atomic E-state index is 6.14. The van der Waals surface area contributed by atoms with Crippen LogP contribution < -0.4 is 5.32 Å². The van der Waals surface area contributed by atoms with E-state index < -0.39 is 0 Å². The number of benzene rings is 7. The van der Waals surface area contributed by atoms with Crippen LogP contribution in [0, 0.1) is 0 Å². The number of hydrogen-bond acceptors (Lipinski definition) is 2. The molecule has 210 valence electrons. The summed E-state index contributed by atoms with van der Waals surface area (Å²) in [7, 11) is 0. The van der Waals surface area contributed by atoms with Gasteiger partial charge in [0.15, 0.2) is 0 Å². The predicted molar refractivity (Wildman–Crippen MR) is 185 cm³/mol. The lowest BCUT2D eigenvalue weighted by molar-refractivity contribution is 0.669. The fraction of sp³-hybridized carbons (Fsp3) is 0.0233. The topological polar surface area (TPSA) is 25.2 Å². The molecule has 0 amide bonds. The van der Waals surface area contributed by atoms with E-state index in [1.165, 1.54) is 55.6 Å². The Balaban J connectivity index is 1.11. The van der Waals surface area contributed by atoms with Crippen LogP contribution in [0.3, 0.4) is 0 Å². The second kappa shape index (κ2) is 9.07. The van der Waals surface area contributed by atoms with Crippen molar-refractivity contribution in [1.29, 1.82) is 0 Å². The van der Waals surface area contributed by atoms with E-state index in [9.17, 15) is 0 Å². The lowest BCUT2D eigenvalue weighted by atomic mass is 9.70. The molecule has 8 aromatic rings. The van der Waals surface area contributed by atoms with Crippen molar-refractivity contribution in [2.75, 3.05) is 5.32 Å². The standard InChI is InChI=1S/C43H27NO/c1-5-17-35-30(13-1)31-14-2-6-18-36(31)43(35)37-19-7-3-15-32(37)34-26-28(23-24-38(34)43)27-11-9-12-29(25-27)44-39-20-10-22-41-42(39)33-16-4-8-21-40(33)45-41/h1-26,44H. The van der Waals surface area contributed by atoms with Crippen LogP contribution in [0.4, 0.5) is 11.4 Å². The molecule has 1 heterocycles. The van der Waals surface area contributed by atoms with E-state index in [1.807, 2.05) is 24.3 Å². The minimum Gasteiger partial charge on any atom is -0.456 e. The number of anilines is 2. The monoisotopic (exact) mass is 573 g/mol. The van der Waals surface area contributed by atoms with Crippen molar-refractivity contribution in [3.63, 3.8) is 0 Å². The van der Waals surface area contributed by atoms with Crippen molar-refractivity contribution in [2.45, 2.75) is 5.41 Å². The molecule has 0 radical (unpaired) electrons. The van der Waals surface area contributed by atoms with Crippen LogP contribution in [-0.2, 0) is 5.41 Å². The third kappa shape index (κ3) is 3.29. The van der Waals surface area contributed by atoms with Crippen LogP contribution in [0.15, 0.2) is 162 Å². The lowest BCUT2D eigenvalue weighted by Gasteiger charge is -2.30. The van der Waals surface area contributed by atoms with Gasteiger partial charge in [-0.25, -0.2) is 0 Å². The molecular formula is C43H27NO. The van der Waals surface area contributed by atoms with E-state index >= 15 is 0 Å². The van der Waals surface area contributed by atoms with Gasteiger partial charge in [0.1, 0.15) is 11.2 Å². The van der Waals surface area contributed by atoms with Crippen molar-refractivity contribution in [3.8, 4) is 33.4 Å². The van der Waals surface area contributed by atoms with E-state index in [-0.39, 0.29) is 5.41 Å². The molecule has 0 saturated carbocycles. The summed E-state index contributed by atoms with van der Waals surface area (Å²) in [6, 6.07) is 57.1. The summed E-state index contributed by atoms with van der Waals surface area (Å²) in [6.45, 7) is 0. The predicted octanol–water partition coefficient (Wildman–Crippen LogP) is 11.3. The smallest absolute Gasteiger partial charge is 0.137 e. The molecular weight excluding hydrogens is 546 g/mol. The van der Waals surface area contributed by atoms with Gasteiger partial charge in [0.2, 0.25) is 0 Å². The average Bonchev–Trinajstić information content (AvgIpc) is 3.73. The van der Waals surface area contributed by atoms with E-state index in [0.717, 1.165) is 33.3 Å². The number of furan rings is 1. The maximum Gasteiger partial charge on any atom is 0.137 e. The summed E-state index contributed by atoms with van der Waals surface area (Å²) in [5.74, 6) is 0. The summed E-state index contributed by atoms with van der Waals surface area (Å²) in [5.41, 5.74) is 16.7. The van der Waals surface area contributed by atoms with Gasteiger partial charge < -0.3 is 9.73 Å². The second-order valence-electron chi connectivity index (χ2n) is 12.1. The molecule has 2 aliphatic carbocycles. The highest BCUT2D eigenvalue weighted by atomic mass is 16.3. The van der Waals surface area contributed by atoms with E-state index in [2.05, 4.69) is 139 Å². The number of para-hydroxylation sites is 1. The maximum absolute atomic E-state index is 6.14. The van der Waals surface area contributed by atoms with Gasteiger partial charge in [0, 0.05) is 11.1 Å². The minimum absolute atomic E-state index is 0.312. The highest BCUT2D eigenvalue weighted by Crippen LogP contribution is 2.62. The molecule has 2 aliphatic rings. The van der Waals surface area contributed by atoms with Crippen molar-refractivity contribution in [3.05, 3.63) is 180 Å². The van der Waals surface area contributed by atoms with Gasteiger partial charge in [0.05, 0.1) is 16.5 Å². The highest BCUT2D eigenvalue weighted by Gasteiger charge is 2.51. The first-order valence-corrected chi connectivity index (χ1v) is 15.5. The summed E-state index contributed by atoms with van der Waals surface area (Å²) in [6.07, 6.45) is 0. The average molecular weight is 574 g/mol. The Morgan fingerprint density at radius 1 is 0.422 bits per heavy atom. The largest absolute Gasteiger partial charge is 0.456 e. The molecule has 1 spiro atoms. The molecule has 2 heteroatoms. The molecule has 1 N–H and O–H groups in total. The van der Waals surface area contributed by atoms with Crippen LogP contribution in [0.5, 0.6) is 0 Å². The molecule has 0 unspecified atom stereocenters. The Labute approximate surface area is 261 Å². The summed E-state index contributed by atoms with van der Waals surface area (Å²) >= 11 is 0. The normalized spacial score (nSPS) is 13.5. The third-order valence-corrected chi connectivity index (χ3v) is 9.87. The summed E-state index contributed by atoms with van der Waals surface area (Å²) in [5, 5.41) is 5.93. The van der Waals surface area contributed by atoms with Crippen LogP contribution in [0.1, 0.15) is 22.3 Å². The third-order valence-electron chi connectivity index (χ3n) is 9.87. The van der Waals surface area contributed by atoms with Crippen LogP contribution in [0.2, 0.25) is 0 Å². The Kier molecular flexibility index (Phi) is 4.95. The Bertz CT molecular complexity index is 2440. The zero-order valence-electron chi connectivity index (χ0n) is 24.4. The van der Waals surface area contributed by atoms with Gasteiger partial charge in [-0.15, -0.1) is 0 Å². The van der Waals surface area contributed by atoms with E-state index in [1.54, 1.807) is 0 Å². The molecule has 0 bridgehead atoms. The second-order valence-corrected chi connectivity index (χ2v) is 12.1. The molecule has 2 nitrogen and oxygen atoms in total. The van der Waals surface area contributed by atoms with Crippen molar-refractivity contribution in [2.24, 2.45) is 0 Å². The molecule has 10 rings (SSSR count). The molecule has 1 aromatic heterocycles. The molecule has 0 atom stereocenters. The van der Waals surface area contributed by atoms with Gasteiger partial charge >= 0.3 is 0 Å². The van der Waals surface area contributed by atoms with Crippen LogP contribution in [-0.4, -0.2) is 0 Å². The number of nitrogens with one attached hydrogen (secondary N) is 1. The highest BCUT2D eigenvalue weighted by molar-refractivity contribution is 6.12. The fourth-order valence-corrected chi connectivity index (χ4v) is 8.09. The molecule has 45 heavy (non-hydrogen) atoms. The van der Waals surface area contributed by atoms with Crippen LogP contribution in [0.25, 0.3) is 55.3 Å². The van der Waals surface area contributed by atoms with Gasteiger partial charge in [-0.05, 0) is 92.0 Å². The molecule has 0 saturated heterocycles. The fourth-order valence-electron chi connectivity index (χ4n) is 8.09. The van der Waals surface area contributed by atoms with Gasteiger partial charge in [-0.3, -0.25) is 0 Å². The molecule has 0 fully saturated rings. The number of hydrogen-bond donors (Lipinski definition) is 1. The Morgan fingerprint density at radius 3 is 1.76 bits per heavy atom. The van der Waals surface area contributed by atoms with E-state index in [4.69, 9.17) is 4.42 Å². The van der Waals surface area contributed by atoms with Gasteiger partial charge in [0.25, 0.3) is 0 Å².